The van der Waals surface area contributed by atoms with E-state index in [0.29, 0.717) is 0 Å². The molecule has 1 aliphatic heterocycles. The minimum atomic E-state index is 0.761. The monoisotopic (exact) mass is 308 g/mol. The molecule has 0 aromatic heterocycles. The molecule has 0 unspecified atom stereocenters. The van der Waals surface area contributed by atoms with E-state index in [9.17, 15) is 0 Å². The number of hydrogen-bond donors (Lipinski definition) is 1. The topological polar surface area (TPSA) is 32.1 Å². The molecular weight excluding hydrogens is 278 g/mol. The second-order valence-electron chi connectivity index (χ2n) is 5.82. The third kappa shape index (κ3) is 6.24. The zero-order chi connectivity index (χ0) is 15.5. The third-order valence-electron chi connectivity index (χ3n) is 3.99. The molecule has 124 valence electrons. The number of quaternary nitrogens is 1. The molecule has 0 spiro atoms. The Balaban J connectivity index is 1.63. The van der Waals surface area contributed by atoms with Crippen molar-refractivity contribution >= 4 is 0 Å². The lowest BCUT2D eigenvalue weighted by molar-refractivity contribution is -0.908. The van der Waals surface area contributed by atoms with Gasteiger partial charge in [-0.3, -0.25) is 0 Å². The van der Waals surface area contributed by atoms with Gasteiger partial charge in [-0.2, -0.15) is 0 Å². The Morgan fingerprint density at radius 2 is 1.59 bits per heavy atom. The van der Waals surface area contributed by atoms with Crippen molar-refractivity contribution in [2.75, 3.05) is 46.1 Å². The molecule has 0 saturated carbocycles. The Labute approximate surface area is 134 Å². The zero-order valence-electron chi connectivity index (χ0n) is 13.8. The van der Waals surface area contributed by atoms with E-state index in [1.54, 1.807) is 4.90 Å². The molecule has 0 radical (unpaired) electrons. The van der Waals surface area contributed by atoms with Crippen LogP contribution in [0.5, 0.6) is 11.5 Å². The van der Waals surface area contributed by atoms with E-state index in [1.165, 1.54) is 13.0 Å². The SMILES string of the molecule is CCCCOc1ccccc1OCCCC[NH+]1CCOCC1. The van der Waals surface area contributed by atoms with Crippen LogP contribution in [0.15, 0.2) is 24.3 Å². The Hall–Kier alpha value is -1.26. The van der Waals surface area contributed by atoms with Crippen molar-refractivity contribution in [2.24, 2.45) is 0 Å². The highest BCUT2D eigenvalue weighted by atomic mass is 16.5. The standard InChI is InChI=1S/C18H29NO3/c1-2-3-13-21-17-8-4-5-9-18(17)22-14-7-6-10-19-11-15-20-16-12-19/h4-5,8-9H,2-3,6-7,10-16H2,1H3/p+1. The summed E-state index contributed by atoms with van der Waals surface area (Å²) in [6.07, 6.45) is 4.52. The minimum Gasteiger partial charge on any atom is -0.490 e. The number of morpholine rings is 1. The molecule has 1 N–H and O–H groups in total. The van der Waals surface area contributed by atoms with Crippen LogP contribution >= 0.6 is 0 Å². The van der Waals surface area contributed by atoms with E-state index >= 15 is 0 Å². The van der Waals surface area contributed by atoms with Crippen molar-refractivity contribution in [3.8, 4) is 11.5 Å². The summed E-state index contributed by atoms with van der Waals surface area (Å²) in [5, 5.41) is 0. The van der Waals surface area contributed by atoms with Crippen LogP contribution in [0.4, 0.5) is 0 Å². The van der Waals surface area contributed by atoms with E-state index in [2.05, 4.69) is 6.92 Å². The van der Waals surface area contributed by atoms with E-state index in [-0.39, 0.29) is 0 Å². The number of nitrogens with one attached hydrogen (secondary N) is 1. The second kappa shape index (κ2) is 10.5. The molecular formula is C18H30NO3+. The van der Waals surface area contributed by atoms with E-state index in [1.807, 2.05) is 24.3 Å². The van der Waals surface area contributed by atoms with Gasteiger partial charge in [-0.15, -0.1) is 0 Å². The fourth-order valence-corrected chi connectivity index (χ4v) is 2.58. The summed E-state index contributed by atoms with van der Waals surface area (Å²) < 4.78 is 17.1. The van der Waals surface area contributed by atoms with Crippen LogP contribution in [0.25, 0.3) is 0 Å². The number of ether oxygens (including phenoxy) is 3. The maximum absolute atomic E-state index is 5.90. The molecule has 4 heteroatoms. The summed E-state index contributed by atoms with van der Waals surface area (Å²) in [5.74, 6) is 1.74. The molecule has 1 fully saturated rings. The van der Waals surface area contributed by atoms with Gasteiger partial charge < -0.3 is 19.1 Å². The molecule has 1 heterocycles. The van der Waals surface area contributed by atoms with Gasteiger partial charge in [-0.05, 0) is 31.4 Å². The van der Waals surface area contributed by atoms with E-state index in [0.717, 1.165) is 70.3 Å². The summed E-state index contributed by atoms with van der Waals surface area (Å²) in [6, 6.07) is 7.98. The van der Waals surface area contributed by atoms with Crippen molar-refractivity contribution < 1.29 is 19.1 Å². The van der Waals surface area contributed by atoms with Crippen molar-refractivity contribution in [1.29, 1.82) is 0 Å². The van der Waals surface area contributed by atoms with Crippen LogP contribution in [0.1, 0.15) is 32.6 Å². The van der Waals surface area contributed by atoms with E-state index in [4.69, 9.17) is 14.2 Å². The molecule has 0 amide bonds. The third-order valence-corrected chi connectivity index (χ3v) is 3.99. The van der Waals surface area contributed by atoms with Gasteiger partial charge in [0.2, 0.25) is 0 Å². The number of rotatable bonds is 10. The molecule has 1 aromatic carbocycles. The zero-order valence-corrected chi connectivity index (χ0v) is 13.8. The second-order valence-corrected chi connectivity index (χ2v) is 5.82. The lowest BCUT2D eigenvalue weighted by Crippen LogP contribution is -3.14. The highest BCUT2D eigenvalue weighted by molar-refractivity contribution is 5.39. The van der Waals surface area contributed by atoms with Gasteiger partial charge in [0.15, 0.2) is 11.5 Å². The van der Waals surface area contributed by atoms with Crippen molar-refractivity contribution in [1.82, 2.24) is 0 Å². The fourth-order valence-electron chi connectivity index (χ4n) is 2.58. The van der Waals surface area contributed by atoms with Crippen LogP contribution in [-0.4, -0.2) is 46.1 Å². The average Bonchev–Trinajstić information content (AvgIpc) is 2.57. The molecule has 0 aliphatic carbocycles. The summed E-state index contributed by atoms with van der Waals surface area (Å²) in [4.78, 5) is 1.66. The lowest BCUT2D eigenvalue weighted by atomic mass is 10.3. The van der Waals surface area contributed by atoms with Gasteiger partial charge in [0, 0.05) is 0 Å². The van der Waals surface area contributed by atoms with Gasteiger partial charge >= 0.3 is 0 Å². The first-order chi connectivity index (χ1) is 10.9. The summed E-state index contributed by atoms with van der Waals surface area (Å²) in [6.45, 7) is 9.03. The smallest absolute Gasteiger partial charge is 0.161 e. The van der Waals surface area contributed by atoms with E-state index < -0.39 is 0 Å². The Kier molecular flexibility index (Phi) is 8.13. The van der Waals surface area contributed by atoms with Gasteiger partial charge in [0.1, 0.15) is 13.1 Å². The van der Waals surface area contributed by atoms with Gasteiger partial charge in [0.05, 0.1) is 33.0 Å². The predicted octanol–water partition coefficient (Wildman–Crippen LogP) is 1.94. The highest BCUT2D eigenvalue weighted by Crippen LogP contribution is 2.26. The molecule has 4 nitrogen and oxygen atoms in total. The normalized spacial score (nSPS) is 15.7. The maximum atomic E-state index is 5.90. The van der Waals surface area contributed by atoms with Gasteiger partial charge in [0.25, 0.3) is 0 Å². The fraction of sp³-hybridized carbons (Fsp3) is 0.667. The number of hydrogen-bond acceptors (Lipinski definition) is 3. The molecule has 1 aliphatic rings. The molecule has 22 heavy (non-hydrogen) atoms. The van der Waals surface area contributed by atoms with Crippen LogP contribution in [0, 0.1) is 0 Å². The van der Waals surface area contributed by atoms with Gasteiger partial charge in [-0.25, -0.2) is 0 Å². The van der Waals surface area contributed by atoms with Gasteiger partial charge in [-0.1, -0.05) is 25.5 Å². The lowest BCUT2D eigenvalue weighted by Gasteiger charge is -2.23. The van der Waals surface area contributed by atoms with Crippen LogP contribution in [0.3, 0.4) is 0 Å². The minimum absolute atomic E-state index is 0.761. The Morgan fingerprint density at radius 3 is 2.23 bits per heavy atom. The van der Waals surface area contributed by atoms with Crippen molar-refractivity contribution in [2.45, 2.75) is 32.6 Å². The van der Waals surface area contributed by atoms with Crippen LogP contribution < -0.4 is 14.4 Å². The molecule has 2 rings (SSSR count). The van der Waals surface area contributed by atoms with Crippen molar-refractivity contribution in [3.63, 3.8) is 0 Å². The largest absolute Gasteiger partial charge is 0.490 e. The van der Waals surface area contributed by atoms with Crippen molar-refractivity contribution in [3.05, 3.63) is 24.3 Å². The molecule has 0 atom stereocenters. The number of para-hydroxylation sites is 2. The first kappa shape index (κ1) is 17.1. The number of benzene rings is 1. The summed E-state index contributed by atoms with van der Waals surface area (Å²) in [5.41, 5.74) is 0. The number of unbranched alkanes of at least 4 members (excludes halogenated alkanes) is 2. The Morgan fingerprint density at radius 1 is 0.955 bits per heavy atom. The summed E-state index contributed by atoms with van der Waals surface area (Å²) in [7, 11) is 0. The summed E-state index contributed by atoms with van der Waals surface area (Å²) >= 11 is 0. The predicted molar refractivity (Wildman–Crippen MR) is 88.0 cm³/mol. The molecule has 1 saturated heterocycles. The van der Waals surface area contributed by atoms with Crippen LogP contribution in [0.2, 0.25) is 0 Å². The molecule has 0 bridgehead atoms. The maximum Gasteiger partial charge on any atom is 0.161 e. The van der Waals surface area contributed by atoms with Crippen LogP contribution in [-0.2, 0) is 4.74 Å². The average molecular weight is 308 g/mol. The first-order valence-electron chi connectivity index (χ1n) is 8.66. The highest BCUT2D eigenvalue weighted by Gasteiger charge is 2.12. The Bertz CT molecular complexity index is 405. The quantitative estimate of drug-likeness (QED) is 0.671. The first-order valence-corrected chi connectivity index (χ1v) is 8.66. The molecule has 1 aromatic rings.